The maximum atomic E-state index is 12.9. The molecule has 0 aromatic heterocycles. The first kappa shape index (κ1) is 20.8. The van der Waals surface area contributed by atoms with Crippen molar-refractivity contribution in [1.29, 1.82) is 0 Å². The van der Waals surface area contributed by atoms with Gasteiger partial charge in [0.1, 0.15) is 0 Å². The molecule has 0 saturated carbocycles. The molecule has 1 aliphatic heterocycles. The number of benzene rings is 2. The zero-order valence-corrected chi connectivity index (χ0v) is 18.0. The summed E-state index contributed by atoms with van der Waals surface area (Å²) in [4.78, 5) is 23.7. The molecule has 0 saturated heterocycles. The number of hydrogen-bond donors (Lipinski definition) is 1. The number of carbonyl (C=O) groups is 2. The molecule has 8 heteroatoms. The summed E-state index contributed by atoms with van der Waals surface area (Å²) in [5, 5.41) is 14.6. The Labute approximate surface area is 181 Å². The van der Waals surface area contributed by atoms with E-state index >= 15 is 0 Å². The lowest BCUT2D eigenvalue weighted by Gasteiger charge is -2.14. The summed E-state index contributed by atoms with van der Waals surface area (Å²) >= 11 is 2.06. The molecular weight excluding hydrogens is 487 g/mol. The van der Waals surface area contributed by atoms with Gasteiger partial charge in [0.2, 0.25) is 0 Å². The maximum Gasteiger partial charge on any atom is 0.341 e. The van der Waals surface area contributed by atoms with Crippen molar-refractivity contribution < 1.29 is 24.2 Å². The summed E-state index contributed by atoms with van der Waals surface area (Å²) < 4.78 is 11.7. The largest absolute Gasteiger partial charge is 0.490 e. The van der Waals surface area contributed by atoms with Crippen LogP contribution < -0.4 is 14.5 Å². The van der Waals surface area contributed by atoms with Gasteiger partial charge in [-0.25, -0.2) is 4.79 Å². The molecule has 0 spiro atoms. The van der Waals surface area contributed by atoms with Crippen LogP contribution in [-0.4, -0.2) is 35.9 Å². The molecule has 29 heavy (non-hydrogen) atoms. The fraction of sp³-hybridized carbons (Fsp3) is 0.190. The molecule has 1 heterocycles. The van der Waals surface area contributed by atoms with E-state index in [1.807, 2.05) is 37.3 Å². The Kier molecular flexibility index (Phi) is 6.53. The number of halogens is 1. The van der Waals surface area contributed by atoms with Crippen molar-refractivity contribution >= 4 is 51.9 Å². The SMILES string of the molecule is CCOc1cc(/C=C2/C(=O)N(c3ccccc3)N=C2C)cc(I)c1OCC(=O)O. The minimum absolute atomic E-state index is 0.215. The van der Waals surface area contributed by atoms with E-state index in [4.69, 9.17) is 14.6 Å². The lowest BCUT2D eigenvalue weighted by molar-refractivity contribution is -0.139. The second-order valence-corrected chi connectivity index (χ2v) is 7.30. The smallest absolute Gasteiger partial charge is 0.341 e. The van der Waals surface area contributed by atoms with Gasteiger partial charge in [-0.2, -0.15) is 10.1 Å². The minimum atomic E-state index is -1.07. The van der Waals surface area contributed by atoms with Gasteiger partial charge in [0.05, 0.1) is 27.1 Å². The quantitative estimate of drug-likeness (QED) is 0.454. The Morgan fingerprint density at radius 1 is 1.24 bits per heavy atom. The Bertz CT molecular complexity index is 1000. The van der Waals surface area contributed by atoms with Crippen molar-refractivity contribution in [2.75, 3.05) is 18.2 Å². The van der Waals surface area contributed by atoms with E-state index in [0.29, 0.717) is 38.6 Å². The number of amides is 1. The first-order valence-electron chi connectivity index (χ1n) is 8.88. The molecule has 150 valence electrons. The molecular formula is C21H19IN2O5. The monoisotopic (exact) mass is 506 g/mol. The van der Waals surface area contributed by atoms with Gasteiger partial charge in [-0.05, 0) is 72.3 Å². The molecule has 1 amide bonds. The molecule has 3 rings (SSSR count). The minimum Gasteiger partial charge on any atom is -0.490 e. The summed E-state index contributed by atoms with van der Waals surface area (Å²) in [7, 11) is 0. The zero-order chi connectivity index (χ0) is 21.0. The van der Waals surface area contributed by atoms with Crippen LogP contribution in [0.3, 0.4) is 0 Å². The summed E-state index contributed by atoms with van der Waals surface area (Å²) in [5.41, 5.74) is 2.51. The van der Waals surface area contributed by atoms with Crippen molar-refractivity contribution in [3.8, 4) is 11.5 Å². The molecule has 1 N–H and O–H groups in total. The van der Waals surface area contributed by atoms with Crippen molar-refractivity contribution in [2.45, 2.75) is 13.8 Å². The molecule has 0 radical (unpaired) electrons. The van der Waals surface area contributed by atoms with Gasteiger partial charge in [-0.15, -0.1) is 0 Å². The molecule has 0 atom stereocenters. The number of hydrogen-bond acceptors (Lipinski definition) is 5. The predicted molar refractivity (Wildman–Crippen MR) is 118 cm³/mol. The number of hydrazone groups is 1. The van der Waals surface area contributed by atoms with Crippen LogP contribution in [0.1, 0.15) is 19.4 Å². The Balaban J connectivity index is 1.94. The van der Waals surface area contributed by atoms with Crippen molar-refractivity contribution in [1.82, 2.24) is 0 Å². The molecule has 7 nitrogen and oxygen atoms in total. The number of carboxylic acid groups (broad SMARTS) is 1. The third kappa shape index (κ3) is 4.76. The summed E-state index contributed by atoms with van der Waals surface area (Å²) in [5.74, 6) is -0.495. The van der Waals surface area contributed by atoms with Gasteiger partial charge in [-0.3, -0.25) is 4.79 Å². The van der Waals surface area contributed by atoms with Gasteiger partial charge in [-0.1, -0.05) is 18.2 Å². The summed E-state index contributed by atoms with van der Waals surface area (Å²) in [6.45, 7) is 3.53. The molecule has 2 aromatic carbocycles. The number of aliphatic carboxylic acids is 1. The highest BCUT2D eigenvalue weighted by atomic mass is 127. The van der Waals surface area contributed by atoms with Crippen LogP contribution in [0.5, 0.6) is 11.5 Å². The summed E-state index contributed by atoms with van der Waals surface area (Å²) in [6.07, 6.45) is 1.75. The fourth-order valence-electron chi connectivity index (χ4n) is 2.80. The van der Waals surface area contributed by atoms with Crippen LogP contribution in [0.25, 0.3) is 6.08 Å². The van der Waals surface area contributed by atoms with Crippen LogP contribution in [0.2, 0.25) is 0 Å². The van der Waals surface area contributed by atoms with Crippen LogP contribution in [0, 0.1) is 3.57 Å². The zero-order valence-electron chi connectivity index (χ0n) is 15.9. The second kappa shape index (κ2) is 9.08. The van der Waals surface area contributed by atoms with Crippen molar-refractivity contribution in [3.63, 3.8) is 0 Å². The first-order valence-corrected chi connectivity index (χ1v) is 9.96. The van der Waals surface area contributed by atoms with Crippen molar-refractivity contribution in [2.24, 2.45) is 5.10 Å². The van der Waals surface area contributed by atoms with Gasteiger partial charge in [0, 0.05) is 0 Å². The topological polar surface area (TPSA) is 88.4 Å². The number of rotatable bonds is 7. The first-order chi connectivity index (χ1) is 13.9. The fourth-order valence-corrected chi connectivity index (χ4v) is 3.58. The molecule has 2 aromatic rings. The number of carbonyl (C=O) groups excluding carboxylic acids is 1. The maximum absolute atomic E-state index is 12.9. The van der Waals surface area contributed by atoms with Gasteiger partial charge >= 0.3 is 5.97 Å². The van der Waals surface area contributed by atoms with Crippen LogP contribution in [-0.2, 0) is 9.59 Å². The molecule has 1 aliphatic rings. The average molecular weight is 506 g/mol. The van der Waals surface area contributed by atoms with Crippen LogP contribution in [0.4, 0.5) is 5.69 Å². The Hall–Kier alpha value is -2.88. The highest BCUT2D eigenvalue weighted by molar-refractivity contribution is 14.1. The van der Waals surface area contributed by atoms with Crippen LogP contribution in [0.15, 0.2) is 53.1 Å². The van der Waals surface area contributed by atoms with E-state index in [1.54, 1.807) is 25.1 Å². The third-order valence-electron chi connectivity index (χ3n) is 4.05. The number of anilines is 1. The van der Waals surface area contributed by atoms with E-state index in [0.717, 1.165) is 5.56 Å². The van der Waals surface area contributed by atoms with Gasteiger partial charge in [0.15, 0.2) is 18.1 Å². The molecule has 0 unspecified atom stereocenters. The Morgan fingerprint density at radius 2 is 1.97 bits per heavy atom. The average Bonchev–Trinajstić information content (AvgIpc) is 2.96. The standard InChI is InChI=1S/C21H19IN2O5/c1-3-28-18-11-14(10-17(22)20(18)29-12-19(25)26)9-16-13(2)23-24(21(16)27)15-7-5-4-6-8-15/h4-11H,3,12H2,1-2H3,(H,25,26)/b16-9+. The van der Waals surface area contributed by atoms with Crippen LogP contribution >= 0.6 is 22.6 Å². The number of carboxylic acids is 1. The van der Waals surface area contributed by atoms with E-state index in [9.17, 15) is 9.59 Å². The van der Waals surface area contributed by atoms with E-state index in [1.165, 1.54) is 5.01 Å². The lowest BCUT2D eigenvalue weighted by atomic mass is 10.1. The summed E-state index contributed by atoms with van der Waals surface area (Å²) in [6, 6.07) is 12.7. The number of para-hydroxylation sites is 1. The normalized spacial score (nSPS) is 14.9. The third-order valence-corrected chi connectivity index (χ3v) is 4.85. The predicted octanol–water partition coefficient (Wildman–Crippen LogP) is 3.96. The highest BCUT2D eigenvalue weighted by Gasteiger charge is 2.28. The van der Waals surface area contributed by atoms with E-state index in [-0.39, 0.29) is 5.91 Å². The van der Waals surface area contributed by atoms with Gasteiger partial charge < -0.3 is 14.6 Å². The highest BCUT2D eigenvalue weighted by Crippen LogP contribution is 2.35. The van der Waals surface area contributed by atoms with E-state index < -0.39 is 12.6 Å². The number of ether oxygens (including phenoxy) is 2. The second-order valence-electron chi connectivity index (χ2n) is 6.14. The Morgan fingerprint density at radius 3 is 2.62 bits per heavy atom. The number of nitrogens with zero attached hydrogens (tertiary/aromatic N) is 2. The van der Waals surface area contributed by atoms with E-state index in [2.05, 4.69) is 27.7 Å². The molecule has 0 fully saturated rings. The molecule has 0 bridgehead atoms. The molecule has 0 aliphatic carbocycles. The lowest BCUT2D eigenvalue weighted by Crippen LogP contribution is -2.21. The van der Waals surface area contributed by atoms with Crippen molar-refractivity contribution in [3.05, 3.63) is 57.2 Å². The van der Waals surface area contributed by atoms with Gasteiger partial charge in [0.25, 0.3) is 5.91 Å².